The number of carbonyl (C=O) groups is 1. The third kappa shape index (κ3) is 2.61. The van der Waals surface area contributed by atoms with Gasteiger partial charge in [0.2, 0.25) is 5.91 Å². The fourth-order valence-electron chi connectivity index (χ4n) is 2.11. The summed E-state index contributed by atoms with van der Waals surface area (Å²) < 4.78 is 5.58. The summed E-state index contributed by atoms with van der Waals surface area (Å²) in [7, 11) is 0. The largest absolute Gasteiger partial charge is 0.489 e. The second-order valence-corrected chi connectivity index (χ2v) is 4.45. The van der Waals surface area contributed by atoms with E-state index in [0.717, 1.165) is 11.1 Å². The molecule has 1 aliphatic rings. The number of ether oxygens (including phenoxy) is 1. The molecule has 1 heterocycles. The lowest BCUT2D eigenvalue weighted by Crippen LogP contribution is -2.38. The molecule has 0 saturated heterocycles. The van der Waals surface area contributed by atoms with Crippen molar-refractivity contribution in [1.29, 1.82) is 0 Å². The van der Waals surface area contributed by atoms with Crippen LogP contribution in [-0.4, -0.2) is 18.6 Å². The third-order valence-electron chi connectivity index (χ3n) is 3.11. The summed E-state index contributed by atoms with van der Waals surface area (Å²) in [5.41, 5.74) is 8.35. The fourth-order valence-corrected chi connectivity index (χ4v) is 2.11. The van der Waals surface area contributed by atoms with Crippen LogP contribution in [0.1, 0.15) is 0 Å². The summed E-state index contributed by atoms with van der Waals surface area (Å²) in [6, 6.07) is 14.9. The number of fused-ring (bicyclic) bond motifs is 1. The first-order chi connectivity index (χ1) is 9.25. The monoisotopic (exact) mass is 290 g/mol. The summed E-state index contributed by atoms with van der Waals surface area (Å²) in [6.45, 7) is 0.192. The van der Waals surface area contributed by atoms with Crippen LogP contribution in [0.4, 0.5) is 5.69 Å². The van der Waals surface area contributed by atoms with Crippen LogP contribution in [0.25, 0.3) is 11.1 Å². The van der Waals surface area contributed by atoms with E-state index < -0.39 is 6.04 Å². The van der Waals surface area contributed by atoms with Gasteiger partial charge in [0, 0.05) is 5.56 Å². The molecule has 3 N–H and O–H groups in total. The number of amides is 1. The van der Waals surface area contributed by atoms with Gasteiger partial charge < -0.3 is 15.8 Å². The number of nitrogens with two attached hydrogens (primary N) is 1. The van der Waals surface area contributed by atoms with Gasteiger partial charge in [0.15, 0.2) is 0 Å². The van der Waals surface area contributed by atoms with Gasteiger partial charge in [0.05, 0.1) is 5.69 Å². The maximum atomic E-state index is 11.8. The molecule has 5 heteroatoms. The van der Waals surface area contributed by atoms with E-state index in [2.05, 4.69) is 5.32 Å². The van der Waals surface area contributed by atoms with Crippen molar-refractivity contribution in [3.8, 4) is 16.9 Å². The maximum absolute atomic E-state index is 11.8. The number of rotatable bonds is 1. The van der Waals surface area contributed by atoms with Gasteiger partial charge in [-0.05, 0) is 11.6 Å². The highest BCUT2D eigenvalue weighted by Gasteiger charge is 2.23. The molecule has 0 spiro atoms. The molecule has 3 rings (SSSR count). The van der Waals surface area contributed by atoms with Crippen LogP contribution in [-0.2, 0) is 4.79 Å². The molecule has 0 radical (unpaired) electrons. The van der Waals surface area contributed by atoms with Crippen LogP contribution >= 0.6 is 12.4 Å². The smallest absolute Gasteiger partial charge is 0.244 e. The van der Waals surface area contributed by atoms with E-state index in [1.807, 2.05) is 48.5 Å². The number of hydrogen-bond acceptors (Lipinski definition) is 3. The average Bonchev–Trinajstić information content (AvgIpc) is 2.60. The number of para-hydroxylation sites is 1. The molecule has 1 amide bonds. The number of nitrogens with one attached hydrogen (secondary N) is 1. The quantitative estimate of drug-likeness (QED) is 0.848. The van der Waals surface area contributed by atoms with Crippen LogP contribution in [0.2, 0.25) is 0 Å². The minimum absolute atomic E-state index is 0. The molecule has 0 fully saturated rings. The Morgan fingerprint density at radius 1 is 1.10 bits per heavy atom. The molecule has 0 aliphatic carbocycles. The van der Waals surface area contributed by atoms with Gasteiger partial charge in [0.25, 0.3) is 0 Å². The van der Waals surface area contributed by atoms with Gasteiger partial charge in [0.1, 0.15) is 18.4 Å². The molecular weight excluding hydrogens is 276 g/mol. The van der Waals surface area contributed by atoms with Crippen LogP contribution in [0.3, 0.4) is 0 Å². The molecule has 2 aromatic rings. The van der Waals surface area contributed by atoms with Crippen molar-refractivity contribution in [2.45, 2.75) is 6.04 Å². The van der Waals surface area contributed by atoms with Gasteiger partial charge in [-0.3, -0.25) is 4.79 Å². The van der Waals surface area contributed by atoms with Gasteiger partial charge >= 0.3 is 0 Å². The molecule has 0 aromatic heterocycles. The Morgan fingerprint density at radius 3 is 2.60 bits per heavy atom. The summed E-state index contributed by atoms with van der Waals surface area (Å²) in [5.74, 6) is 0.435. The van der Waals surface area contributed by atoms with Crippen molar-refractivity contribution in [2.24, 2.45) is 5.73 Å². The van der Waals surface area contributed by atoms with Crippen molar-refractivity contribution in [2.75, 3.05) is 11.9 Å². The van der Waals surface area contributed by atoms with E-state index in [-0.39, 0.29) is 24.9 Å². The Kier molecular flexibility index (Phi) is 4.27. The van der Waals surface area contributed by atoms with E-state index in [1.54, 1.807) is 0 Å². The number of benzene rings is 2. The van der Waals surface area contributed by atoms with E-state index in [4.69, 9.17) is 10.5 Å². The highest BCUT2D eigenvalue weighted by Crippen LogP contribution is 2.36. The number of halogens is 1. The second kappa shape index (κ2) is 5.94. The van der Waals surface area contributed by atoms with Crippen molar-refractivity contribution in [3.05, 3.63) is 48.5 Å². The van der Waals surface area contributed by atoms with Gasteiger partial charge in [-0.2, -0.15) is 0 Å². The van der Waals surface area contributed by atoms with Crippen LogP contribution in [0.5, 0.6) is 5.75 Å². The van der Waals surface area contributed by atoms with Crippen LogP contribution in [0, 0.1) is 0 Å². The first kappa shape index (κ1) is 14.4. The number of anilines is 1. The predicted octanol–water partition coefficient (Wildman–Crippen LogP) is 2.43. The molecule has 1 aliphatic heterocycles. The molecule has 104 valence electrons. The van der Waals surface area contributed by atoms with E-state index in [0.29, 0.717) is 11.4 Å². The highest BCUT2D eigenvalue weighted by atomic mass is 35.5. The third-order valence-corrected chi connectivity index (χ3v) is 3.11. The molecule has 4 nitrogen and oxygen atoms in total. The lowest BCUT2D eigenvalue weighted by molar-refractivity contribution is -0.117. The summed E-state index contributed by atoms with van der Waals surface area (Å²) in [5, 5.41) is 2.85. The Balaban J connectivity index is 0.00000147. The van der Waals surface area contributed by atoms with Crippen molar-refractivity contribution in [3.63, 3.8) is 0 Å². The first-order valence-electron chi connectivity index (χ1n) is 6.13. The molecule has 0 unspecified atom stereocenters. The lowest BCUT2D eigenvalue weighted by Gasteiger charge is -2.12. The van der Waals surface area contributed by atoms with Gasteiger partial charge in [-0.15, -0.1) is 12.4 Å². The first-order valence-corrected chi connectivity index (χ1v) is 6.13. The Bertz CT molecular complexity index is 617. The Labute approximate surface area is 123 Å². The predicted molar refractivity (Wildman–Crippen MR) is 81.2 cm³/mol. The van der Waals surface area contributed by atoms with Crippen LogP contribution < -0.4 is 15.8 Å². The van der Waals surface area contributed by atoms with Crippen LogP contribution in [0.15, 0.2) is 48.5 Å². The van der Waals surface area contributed by atoms with E-state index in [9.17, 15) is 4.79 Å². The zero-order valence-electron chi connectivity index (χ0n) is 10.7. The zero-order chi connectivity index (χ0) is 13.2. The van der Waals surface area contributed by atoms with Crippen molar-refractivity contribution >= 4 is 24.0 Å². The Hall–Kier alpha value is -2.04. The van der Waals surface area contributed by atoms with E-state index >= 15 is 0 Å². The minimum Gasteiger partial charge on any atom is -0.489 e. The molecule has 2 aromatic carbocycles. The molecular formula is C15H15ClN2O2. The molecule has 1 atom stereocenters. The molecule has 0 bridgehead atoms. The molecule has 20 heavy (non-hydrogen) atoms. The SMILES string of the molecule is Cl.N[C@H]1COc2cccc(-c3ccccc3)c2NC1=O. The zero-order valence-corrected chi connectivity index (χ0v) is 11.5. The fraction of sp³-hybridized carbons (Fsp3) is 0.133. The topological polar surface area (TPSA) is 64.3 Å². The average molecular weight is 291 g/mol. The second-order valence-electron chi connectivity index (χ2n) is 4.45. The highest BCUT2D eigenvalue weighted by molar-refractivity contribution is 6.01. The maximum Gasteiger partial charge on any atom is 0.244 e. The van der Waals surface area contributed by atoms with Crippen molar-refractivity contribution < 1.29 is 9.53 Å². The normalized spacial score (nSPS) is 17.1. The minimum atomic E-state index is -0.643. The summed E-state index contributed by atoms with van der Waals surface area (Å²) in [4.78, 5) is 11.8. The molecule has 0 saturated carbocycles. The standard InChI is InChI=1S/C15H14N2O2.ClH/c16-12-9-19-13-8-4-7-11(14(13)17-15(12)18)10-5-2-1-3-6-10;/h1-8,12H,9,16H2,(H,17,18);1H/t12-;/m0./s1. The van der Waals surface area contributed by atoms with Crippen molar-refractivity contribution in [1.82, 2.24) is 0 Å². The van der Waals surface area contributed by atoms with Gasteiger partial charge in [-0.1, -0.05) is 42.5 Å². The number of carbonyl (C=O) groups excluding carboxylic acids is 1. The summed E-state index contributed by atoms with van der Waals surface area (Å²) in [6.07, 6.45) is 0. The Morgan fingerprint density at radius 2 is 1.85 bits per heavy atom. The van der Waals surface area contributed by atoms with E-state index in [1.165, 1.54) is 0 Å². The lowest BCUT2D eigenvalue weighted by atomic mass is 10.0. The summed E-state index contributed by atoms with van der Waals surface area (Å²) >= 11 is 0. The van der Waals surface area contributed by atoms with Gasteiger partial charge in [-0.25, -0.2) is 0 Å². The number of hydrogen-bond donors (Lipinski definition) is 2.